The molecule has 4 rings (SSSR count). The van der Waals surface area contributed by atoms with Gasteiger partial charge in [-0.25, -0.2) is 9.37 Å². The highest BCUT2D eigenvalue weighted by Gasteiger charge is 2.09. The van der Waals surface area contributed by atoms with Crippen LogP contribution in [0, 0.1) is 5.82 Å². The van der Waals surface area contributed by atoms with Gasteiger partial charge in [-0.1, -0.05) is 23.7 Å². The van der Waals surface area contributed by atoms with Crippen molar-refractivity contribution in [2.24, 2.45) is 0 Å². The Kier molecular flexibility index (Phi) is 6.86. The van der Waals surface area contributed by atoms with Crippen LogP contribution in [0.3, 0.4) is 0 Å². The predicted molar refractivity (Wildman–Crippen MR) is 126 cm³/mol. The topological polar surface area (TPSA) is 53.4 Å². The molecule has 0 saturated carbocycles. The molecular weight excluding hydrogens is 443 g/mol. The van der Waals surface area contributed by atoms with Gasteiger partial charge >= 0.3 is 0 Å². The smallest absolute Gasteiger partial charge is 0.185 e. The number of ether oxygens (including phenoxy) is 2. The SMILES string of the molecule is COc1ccc(/C=C/C(=O)c2ccc(-n3ccnc3)cc2)cc1COc1ccc(F)cc1Cl. The van der Waals surface area contributed by atoms with Gasteiger partial charge in [-0.05, 0) is 66.2 Å². The van der Waals surface area contributed by atoms with Gasteiger partial charge in [-0.15, -0.1) is 0 Å². The quantitative estimate of drug-likeness (QED) is 0.233. The third kappa shape index (κ3) is 5.48. The molecule has 166 valence electrons. The monoisotopic (exact) mass is 462 g/mol. The van der Waals surface area contributed by atoms with Crippen LogP contribution in [0.25, 0.3) is 11.8 Å². The second-order valence-corrected chi connectivity index (χ2v) is 7.56. The number of imidazole rings is 1. The van der Waals surface area contributed by atoms with Gasteiger partial charge in [0.25, 0.3) is 0 Å². The van der Waals surface area contributed by atoms with Crippen molar-refractivity contribution in [3.8, 4) is 17.2 Å². The van der Waals surface area contributed by atoms with Crippen molar-refractivity contribution in [3.05, 3.63) is 113 Å². The van der Waals surface area contributed by atoms with Crippen LogP contribution in [0.15, 0.2) is 85.5 Å². The average Bonchev–Trinajstić information content (AvgIpc) is 3.37. The number of allylic oxidation sites excluding steroid dienone is 1. The Morgan fingerprint density at radius 2 is 1.88 bits per heavy atom. The lowest BCUT2D eigenvalue weighted by Gasteiger charge is -2.12. The third-order valence-corrected chi connectivity index (χ3v) is 5.26. The van der Waals surface area contributed by atoms with Gasteiger partial charge in [0.15, 0.2) is 5.78 Å². The first-order valence-electron chi connectivity index (χ1n) is 10.1. The molecule has 0 saturated heterocycles. The Hall–Kier alpha value is -3.90. The van der Waals surface area contributed by atoms with Gasteiger partial charge < -0.3 is 14.0 Å². The fourth-order valence-corrected chi connectivity index (χ4v) is 3.46. The second-order valence-electron chi connectivity index (χ2n) is 7.15. The van der Waals surface area contributed by atoms with Gasteiger partial charge in [-0.2, -0.15) is 0 Å². The molecule has 4 aromatic rings. The van der Waals surface area contributed by atoms with E-state index in [0.717, 1.165) is 16.8 Å². The maximum Gasteiger partial charge on any atom is 0.185 e. The molecule has 0 N–H and O–H groups in total. The van der Waals surface area contributed by atoms with Crippen LogP contribution in [0.5, 0.6) is 11.5 Å². The Labute approximate surface area is 195 Å². The summed E-state index contributed by atoms with van der Waals surface area (Å²) in [5, 5.41) is 0.190. The number of methoxy groups -OCH3 is 1. The van der Waals surface area contributed by atoms with Crippen molar-refractivity contribution in [2.45, 2.75) is 6.61 Å². The summed E-state index contributed by atoms with van der Waals surface area (Å²) >= 11 is 6.03. The standard InChI is InChI=1S/C26H20ClFN2O3/c1-32-25-10-3-18(14-20(25)16-33-26-11-6-21(28)15-23(26)27)2-9-24(31)19-4-7-22(8-5-19)30-13-12-29-17-30/h2-15,17H,16H2,1H3/b9-2+. The number of ketones is 1. The number of halogens is 2. The summed E-state index contributed by atoms with van der Waals surface area (Å²) in [4.78, 5) is 16.6. The van der Waals surface area contributed by atoms with Gasteiger partial charge in [-0.3, -0.25) is 4.79 Å². The number of hydrogen-bond donors (Lipinski definition) is 0. The van der Waals surface area contributed by atoms with Crippen LogP contribution in [-0.2, 0) is 6.61 Å². The van der Waals surface area contributed by atoms with E-state index in [-0.39, 0.29) is 17.4 Å². The highest BCUT2D eigenvalue weighted by Crippen LogP contribution is 2.28. The molecule has 33 heavy (non-hydrogen) atoms. The summed E-state index contributed by atoms with van der Waals surface area (Å²) in [6.45, 7) is 0.167. The van der Waals surface area contributed by atoms with E-state index in [9.17, 15) is 9.18 Å². The predicted octanol–water partition coefficient (Wildman–Crippen LogP) is 6.15. The van der Waals surface area contributed by atoms with E-state index in [1.54, 1.807) is 43.9 Å². The number of rotatable bonds is 8. The molecule has 0 amide bonds. The van der Waals surface area contributed by atoms with Crippen LogP contribution in [0.1, 0.15) is 21.5 Å². The zero-order chi connectivity index (χ0) is 23.2. The summed E-state index contributed by atoms with van der Waals surface area (Å²) in [6.07, 6.45) is 8.50. The number of aromatic nitrogens is 2. The number of carbonyl (C=O) groups excluding carboxylic acids is 1. The molecular formula is C26H20ClFN2O3. The van der Waals surface area contributed by atoms with Gasteiger partial charge in [0.1, 0.15) is 23.9 Å². The van der Waals surface area contributed by atoms with Crippen LogP contribution >= 0.6 is 11.6 Å². The lowest BCUT2D eigenvalue weighted by molar-refractivity contribution is 0.104. The summed E-state index contributed by atoms with van der Waals surface area (Å²) in [5.74, 6) is 0.458. The highest BCUT2D eigenvalue weighted by molar-refractivity contribution is 6.32. The molecule has 0 unspecified atom stereocenters. The van der Waals surface area contributed by atoms with Gasteiger partial charge in [0.2, 0.25) is 0 Å². The minimum absolute atomic E-state index is 0.112. The van der Waals surface area contributed by atoms with Crippen LogP contribution in [-0.4, -0.2) is 22.4 Å². The van der Waals surface area contributed by atoms with E-state index in [2.05, 4.69) is 4.98 Å². The van der Waals surface area contributed by atoms with Gasteiger partial charge in [0.05, 0.1) is 18.5 Å². The van der Waals surface area contributed by atoms with Crippen molar-refractivity contribution in [2.75, 3.05) is 7.11 Å². The fraction of sp³-hybridized carbons (Fsp3) is 0.0769. The van der Waals surface area contributed by atoms with Gasteiger partial charge in [0, 0.05) is 29.2 Å². The molecule has 0 radical (unpaired) electrons. The van der Waals surface area contributed by atoms with E-state index in [4.69, 9.17) is 21.1 Å². The Morgan fingerprint density at radius 3 is 2.58 bits per heavy atom. The van der Waals surface area contributed by atoms with E-state index in [1.807, 2.05) is 35.0 Å². The summed E-state index contributed by atoms with van der Waals surface area (Å²) in [7, 11) is 1.57. The molecule has 0 bridgehead atoms. The zero-order valence-corrected chi connectivity index (χ0v) is 18.5. The fourth-order valence-electron chi connectivity index (χ4n) is 3.24. The largest absolute Gasteiger partial charge is 0.496 e. The van der Waals surface area contributed by atoms with Crippen LogP contribution in [0.4, 0.5) is 4.39 Å². The number of benzene rings is 3. The summed E-state index contributed by atoms with van der Waals surface area (Å²) in [6, 6.07) is 16.8. The van der Waals surface area contributed by atoms with E-state index in [1.165, 1.54) is 24.3 Å². The number of carbonyl (C=O) groups is 1. The van der Waals surface area contributed by atoms with Crippen molar-refractivity contribution in [1.82, 2.24) is 9.55 Å². The highest BCUT2D eigenvalue weighted by atomic mass is 35.5. The minimum Gasteiger partial charge on any atom is -0.496 e. The van der Waals surface area contributed by atoms with E-state index < -0.39 is 5.82 Å². The molecule has 0 spiro atoms. The first-order chi connectivity index (χ1) is 16.0. The van der Waals surface area contributed by atoms with Crippen molar-refractivity contribution >= 4 is 23.5 Å². The summed E-state index contributed by atoms with van der Waals surface area (Å²) < 4.78 is 26.2. The molecule has 0 aliphatic heterocycles. The summed E-state index contributed by atoms with van der Waals surface area (Å²) in [5.41, 5.74) is 3.08. The first-order valence-corrected chi connectivity index (χ1v) is 10.5. The van der Waals surface area contributed by atoms with Crippen LogP contribution in [0.2, 0.25) is 5.02 Å². The Morgan fingerprint density at radius 1 is 1.09 bits per heavy atom. The Balaban J connectivity index is 1.46. The van der Waals surface area contributed by atoms with Crippen molar-refractivity contribution in [1.29, 1.82) is 0 Å². The van der Waals surface area contributed by atoms with Crippen molar-refractivity contribution < 1.29 is 18.7 Å². The number of nitrogens with zero attached hydrogens (tertiary/aromatic N) is 2. The minimum atomic E-state index is -0.432. The number of hydrogen-bond acceptors (Lipinski definition) is 4. The zero-order valence-electron chi connectivity index (χ0n) is 17.7. The molecule has 1 heterocycles. The maximum atomic E-state index is 13.2. The third-order valence-electron chi connectivity index (χ3n) is 4.96. The molecule has 0 fully saturated rings. The maximum absolute atomic E-state index is 13.2. The molecule has 0 atom stereocenters. The van der Waals surface area contributed by atoms with E-state index >= 15 is 0 Å². The molecule has 7 heteroatoms. The Bertz CT molecular complexity index is 1290. The first kappa shape index (κ1) is 22.3. The normalized spacial score (nSPS) is 11.0. The molecule has 0 aliphatic carbocycles. The average molecular weight is 463 g/mol. The molecule has 5 nitrogen and oxygen atoms in total. The van der Waals surface area contributed by atoms with E-state index in [0.29, 0.717) is 17.1 Å². The lowest BCUT2D eigenvalue weighted by atomic mass is 10.1. The lowest BCUT2D eigenvalue weighted by Crippen LogP contribution is -2.00. The molecule has 3 aromatic carbocycles. The van der Waals surface area contributed by atoms with Crippen molar-refractivity contribution in [3.63, 3.8) is 0 Å². The molecule has 0 aliphatic rings. The second kappa shape index (κ2) is 10.1. The molecule has 1 aromatic heterocycles. The van der Waals surface area contributed by atoms with Crippen LogP contribution < -0.4 is 9.47 Å².